The maximum absolute atomic E-state index is 16.1. The third-order valence-electron chi connectivity index (χ3n) is 14.5. The Hall–Kier alpha value is -8.39. The van der Waals surface area contributed by atoms with E-state index in [1.54, 1.807) is 0 Å². The number of amides is 1. The van der Waals surface area contributed by atoms with Gasteiger partial charge in [0, 0.05) is 74.0 Å². The minimum Gasteiger partial charge on any atom is -0.354 e. The van der Waals surface area contributed by atoms with Crippen molar-refractivity contribution in [2.24, 2.45) is 0 Å². The molecule has 1 fully saturated rings. The molecule has 1 amide bonds. The van der Waals surface area contributed by atoms with E-state index in [-0.39, 0.29) is 17.7 Å². The fourth-order valence-corrected chi connectivity index (χ4v) is 11.7. The van der Waals surface area contributed by atoms with Crippen molar-refractivity contribution in [3.05, 3.63) is 234 Å². The van der Waals surface area contributed by atoms with E-state index in [0.717, 1.165) is 106 Å². The van der Waals surface area contributed by atoms with Gasteiger partial charge in [0.05, 0.1) is 29.3 Å². The topological polar surface area (TPSA) is 80.9 Å². The lowest BCUT2D eigenvalue weighted by atomic mass is 9.72. The molecule has 0 saturated carbocycles. The van der Waals surface area contributed by atoms with Crippen LogP contribution in [0.3, 0.4) is 0 Å². The number of benzene rings is 6. The van der Waals surface area contributed by atoms with Crippen LogP contribution in [0.2, 0.25) is 0 Å². The molecule has 7 heterocycles. The number of likely N-dealkylation sites (tertiary alicyclic amines) is 1. The molecule has 1 spiro atoms. The minimum absolute atomic E-state index is 0.0695. The summed E-state index contributed by atoms with van der Waals surface area (Å²) in [4.78, 5) is 39.9. The predicted octanol–water partition coefficient (Wildman–Crippen LogP) is 13.4. The van der Waals surface area contributed by atoms with Gasteiger partial charge in [-0.15, -0.1) is 0 Å². The van der Waals surface area contributed by atoms with Crippen LogP contribution in [0.4, 0.5) is 5.69 Å². The molecule has 7 nitrogen and oxygen atoms in total. The van der Waals surface area contributed by atoms with Crippen LogP contribution in [0.5, 0.6) is 0 Å². The molecule has 7 heteroatoms. The van der Waals surface area contributed by atoms with Gasteiger partial charge in [0.2, 0.25) is 0 Å². The largest absolute Gasteiger partial charge is 0.354 e. The number of nitrogens with zero attached hydrogens (tertiary/aromatic N) is 4. The van der Waals surface area contributed by atoms with E-state index in [1.807, 2.05) is 23.1 Å². The summed E-state index contributed by atoms with van der Waals surface area (Å²) >= 11 is 0. The molecule has 0 aliphatic carbocycles. The predicted molar refractivity (Wildman–Crippen MR) is 276 cm³/mol. The van der Waals surface area contributed by atoms with Gasteiger partial charge >= 0.3 is 0 Å². The number of hydrogen-bond acceptors (Lipinski definition) is 4. The number of nitrogens with one attached hydrogen (secondary N) is 2. The zero-order chi connectivity index (χ0) is 45.3. The molecule has 1 saturated heterocycles. The molecule has 3 aromatic heterocycles. The summed E-state index contributed by atoms with van der Waals surface area (Å²) in [6.07, 6.45) is 4.28. The molecular formula is C61H46N6O. The first kappa shape index (κ1) is 39.9. The zero-order valence-electron chi connectivity index (χ0n) is 37.5. The molecule has 8 bridgehead atoms. The van der Waals surface area contributed by atoms with Crippen LogP contribution in [0.15, 0.2) is 200 Å². The van der Waals surface area contributed by atoms with Gasteiger partial charge in [-0.2, -0.15) is 0 Å². The van der Waals surface area contributed by atoms with E-state index in [4.69, 9.17) is 9.97 Å². The lowest BCUT2D eigenvalue weighted by molar-refractivity contribution is -0.128. The Bertz CT molecular complexity index is 3620. The highest BCUT2D eigenvalue weighted by Gasteiger charge is 2.67. The van der Waals surface area contributed by atoms with Gasteiger partial charge in [-0.05, 0) is 77.3 Å². The van der Waals surface area contributed by atoms with Gasteiger partial charge in [-0.3, -0.25) is 14.7 Å². The first-order chi connectivity index (χ1) is 33.6. The molecule has 9 aromatic rings. The number of carbonyl (C=O) groups excluding carboxylic acids is 1. The second-order valence-corrected chi connectivity index (χ2v) is 18.3. The zero-order valence-corrected chi connectivity index (χ0v) is 37.5. The van der Waals surface area contributed by atoms with Gasteiger partial charge in [-0.1, -0.05) is 170 Å². The van der Waals surface area contributed by atoms with Crippen molar-refractivity contribution in [1.82, 2.24) is 24.8 Å². The summed E-state index contributed by atoms with van der Waals surface area (Å²) in [5, 5.41) is 0. The van der Waals surface area contributed by atoms with E-state index in [9.17, 15) is 0 Å². The molecule has 3 unspecified atom stereocenters. The number of para-hydroxylation sites is 1. The lowest BCUT2D eigenvalue weighted by Crippen LogP contribution is -2.50. The third kappa shape index (κ3) is 6.13. The number of carbonyl (C=O) groups is 1. The van der Waals surface area contributed by atoms with Crippen LogP contribution in [-0.4, -0.2) is 44.3 Å². The quantitative estimate of drug-likeness (QED) is 0.174. The summed E-state index contributed by atoms with van der Waals surface area (Å²) < 4.78 is 0. The number of aromatic nitrogens is 4. The molecule has 6 aromatic carbocycles. The molecule has 4 aliphatic heterocycles. The average Bonchev–Trinajstić information content (AvgIpc) is 4.27. The molecule has 326 valence electrons. The molecular weight excluding hydrogens is 833 g/mol. The third-order valence-corrected chi connectivity index (χ3v) is 14.5. The summed E-state index contributed by atoms with van der Waals surface area (Å²) in [6, 6.07) is 69.8. The molecule has 13 rings (SSSR count). The lowest BCUT2D eigenvalue weighted by Gasteiger charge is -2.36. The van der Waals surface area contributed by atoms with E-state index in [0.29, 0.717) is 13.1 Å². The van der Waals surface area contributed by atoms with Crippen molar-refractivity contribution >= 4 is 45.8 Å². The second kappa shape index (κ2) is 15.9. The van der Waals surface area contributed by atoms with Gasteiger partial charge < -0.3 is 14.9 Å². The number of H-pyrrole nitrogens is 2. The Labute approximate surface area is 394 Å². The van der Waals surface area contributed by atoms with Crippen LogP contribution >= 0.6 is 0 Å². The Morgan fingerprint density at radius 1 is 0.500 bits per heavy atom. The standard InChI is InChI=1S/C61H46N6O/c1-66-38-44-57(61(66)45-29-17-18-30-52(45)67(60(61)68)37-39-19-7-2-8-20-39)59-56(43-27-15-6-16-28-43)51-36-34-49(64-51)54(41-23-11-4-12-24-41)47-32-31-46(62-47)53(40-21-9-3-10-22-40)48-33-35-50(63-48)55(58(44)65-59)42-25-13-5-14-26-42/h2-36,44,57,63-64H,37-38H2,1H3. The van der Waals surface area contributed by atoms with Gasteiger partial charge in [0.1, 0.15) is 5.54 Å². The van der Waals surface area contributed by atoms with E-state index < -0.39 is 5.54 Å². The van der Waals surface area contributed by atoms with Crippen molar-refractivity contribution in [2.45, 2.75) is 23.9 Å². The van der Waals surface area contributed by atoms with Crippen LogP contribution in [0, 0.1) is 0 Å². The SMILES string of the molecule is CN1CC2c3nc(c(-c4ccccc4)c4ccc([nH]4)c(-c4ccccc4)c4nc(c(-c5ccccc5)c5ccc([nH]5)c3-c3ccccc3)C=C4)C2C12C(=O)N(Cc1ccccc1)c1ccccc12. The monoisotopic (exact) mass is 878 g/mol. The van der Waals surface area contributed by atoms with Crippen molar-refractivity contribution in [1.29, 1.82) is 0 Å². The smallest absolute Gasteiger partial charge is 0.253 e. The molecule has 4 aliphatic rings. The second-order valence-electron chi connectivity index (χ2n) is 18.3. The van der Waals surface area contributed by atoms with Crippen molar-refractivity contribution < 1.29 is 4.79 Å². The number of anilines is 1. The van der Waals surface area contributed by atoms with Gasteiger partial charge in [0.15, 0.2) is 0 Å². The van der Waals surface area contributed by atoms with E-state index >= 15 is 4.79 Å². The number of rotatable bonds is 6. The molecule has 0 radical (unpaired) electrons. The Kier molecular flexibility index (Phi) is 9.34. The van der Waals surface area contributed by atoms with Crippen LogP contribution in [-0.2, 0) is 16.9 Å². The first-order valence-corrected chi connectivity index (χ1v) is 23.4. The number of aromatic amines is 2. The van der Waals surface area contributed by atoms with Crippen molar-refractivity contribution in [3.63, 3.8) is 0 Å². The number of likely N-dealkylation sites (N-methyl/N-ethyl adjacent to an activating group) is 1. The molecule has 2 N–H and O–H groups in total. The molecule has 68 heavy (non-hydrogen) atoms. The summed E-state index contributed by atoms with van der Waals surface area (Å²) in [5.41, 5.74) is 17.5. The highest BCUT2D eigenvalue weighted by Crippen LogP contribution is 2.64. The highest BCUT2D eigenvalue weighted by atomic mass is 16.2. The first-order valence-electron chi connectivity index (χ1n) is 23.4. The maximum atomic E-state index is 16.1. The van der Waals surface area contributed by atoms with Gasteiger partial charge in [-0.25, -0.2) is 4.98 Å². The Balaban J connectivity index is 1.20. The summed E-state index contributed by atoms with van der Waals surface area (Å²) in [5.74, 6) is -0.469. The van der Waals surface area contributed by atoms with E-state index in [2.05, 4.69) is 216 Å². The number of fused-ring (bicyclic) bond motifs is 14. The van der Waals surface area contributed by atoms with E-state index in [1.165, 1.54) is 0 Å². The number of hydrogen-bond donors (Lipinski definition) is 2. The van der Waals surface area contributed by atoms with Crippen LogP contribution < -0.4 is 4.90 Å². The Morgan fingerprint density at radius 3 is 1.44 bits per heavy atom. The summed E-state index contributed by atoms with van der Waals surface area (Å²) in [7, 11) is 2.15. The summed E-state index contributed by atoms with van der Waals surface area (Å²) in [6.45, 7) is 1.08. The van der Waals surface area contributed by atoms with Crippen molar-refractivity contribution in [3.8, 4) is 44.5 Å². The normalized spacial score (nSPS) is 18.3. The fourth-order valence-electron chi connectivity index (χ4n) is 11.7. The van der Waals surface area contributed by atoms with Crippen LogP contribution in [0.25, 0.3) is 78.7 Å². The average molecular weight is 879 g/mol. The van der Waals surface area contributed by atoms with Crippen LogP contribution in [0.1, 0.15) is 45.7 Å². The fraction of sp³-hybridized carbons (Fsp3) is 0.0984. The molecule has 3 atom stereocenters. The minimum atomic E-state index is -1.07. The Morgan fingerprint density at radius 2 is 0.926 bits per heavy atom. The highest BCUT2D eigenvalue weighted by molar-refractivity contribution is 6.09. The maximum Gasteiger partial charge on any atom is 0.253 e. The van der Waals surface area contributed by atoms with Gasteiger partial charge in [0.25, 0.3) is 5.91 Å². The van der Waals surface area contributed by atoms with Crippen molar-refractivity contribution in [2.75, 3.05) is 18.5 Å².